The highest BCUT2D eigenvalue weighted by Gasteiger charge is 2.08. The summed E-state index contributed by atoms with van der Waals surface area (Å²) in [7, 11) is 0. The molecule has 1 amide bonds. The SMILES string of the molecule is CC(C)C(=O)NCCOCCOCCOC(C)(C)C. The Morgan fingerprint density at radius 2 is 1.53 bits per heavy atom. The molecule has 1 N–H and O–H groups in total. The second-order valence-electron chi connectivity index (χ2n) is 5.63. The third-order valence-corrected chi connectivity index (χ3v) is 2.20. The van der Waals surface area contributed by atoms with E-state index in [2.05, 4.69) is 5.32 Å². The first-order valence-electron chi connectivity index (χ1n) is 6.90. The number of carbonyl (C=O) groups is 1. The fraction of sp³-hybridized carbons (Fsp3) is 0.929. The van der Waals surface area contributed by atoms with Crippen molar-refractivity contribution in [2.75, 3.05) is 39.6 Å². The lowest BCUT2D eigenvalue weighted by Gasteiger charge is -2.19. The van der Waals surface area contributed by atoms with Crippen LogP contribution in [0.25, 0.3) is 0 Å². The van der Waals surface area contributed by atoms with E-state index in [0.29, 0.717) is 39.6 Å². The van der Waals surface area contributed by atoms with Gasteiger partial charge >= 0.3 is 0 Å². The van der Waals surface area contributed by atoms with E-state index in [1.165, 1.54) is 0 Å². The molecule has 0 aliphatic rings. The van der Waals surface area contributed by atoms with Crippen molar-refractivity contribution >= 4 is 5.91 Å². The van der Waals surface area contributed by atoms with Gasteiger partial charge in [-0.3, -0.25) is 4.79 Å². The molecule has 0 rings (SSSR count). The normalized spacial score (nSPS) is 11.9. The quantitative estimate of drug-likeness (QED) is 0.615. The predicted molar refractivity (Wildman–Crippen MR) is 75.2 cm³/mol. The van der Waals surface area contributed by atoms with E-state index in [1.807, 2.05) is 34.6 Å². The Balaban J connectivity index is 3.18. The monoisotopic (exact) mass is 275 g/mol. The first kappa shape index (κ1) is 18.4. The third kappa shape index (κ3) is 13.6. The molecule has 114 valence electrons. The van der Waals surface area contributed by atoms with Crippen LogP contribution in [0.1, 0.15) is 34.6 Å². The minimum atomic E-state index is -0.117. The van der Waals surface area contributed by atoms with E-state index in [1.54, 1.807) is 0 Å². The van der Waals surface area contributed by atoms with Gasteiger partial charge in [0.1, 0.15) is 0 Å². The summed E-state index contributed by atoms with van der Waals surface area (Å²) in [5.74, 6) is 0.0744. The van der Waals surface area contributed by atoms with Crippen molar-refractivity contribution in [1.82, 2.24) is 5.32 Å². The molecule has 0 heterocycles. The first-order chi connectivity index (χ1) is 8.83. The molecule has 0 aromatic carbocycles. The standard InChI is InChI=1S/C14H29NO4/c1-12(2)13(16)15-6-7-17-8-9-18-10-11-19-14(3,4)5/h12H,6-11H2,1-5H3,(H,15,16). The predicted octanol–water partition coefficient (Wildman–Crippen LogP) is 1.61. The number of hydrogen-bond acceptors (Lipinski definition) is 4. The first-order valence-corrected chi connectivity index (χ1v) is 6.90. The Kier molecular flexibility index (Phi) is 9.83. The van der Waals surface area contributed by atoms with Crippen molar-refractivity contribution in [3.63, 3.8) is 0 Å². The Morgan fingerprint density at radius 3 is 2.05 bits per heavy atom. The number of nitrogens with one attached hydrogen (secondary N) is 1. The van der Waals surface area contributed by atoms with Gasteiger partial charge in [0.05, 0.1) is 38.6 Å². The Morgan fingerprint density at radius 1 is 1.00 bits per heavy atom. The van der Waals surface area contributed by atoms with Gasteiger partial charge in [-0.2, -0.15) is 0 Å². The van der Waals surface area contributed by atoms with E-state index < -0.39 is 0 Å². The maximum atomic E-state index is 11.2. The average molecular weight is 275 g/mol. The summed E-state index contributed by atoms with van der Waals surface area (Å²) < 4.78 is 16.2. The van der Waals surface area contributed by atoms with Crippen LogP contribution in [-0.4, -0.2) is 51.1 Å². The van der Waals surface area contributed by atoms with E-state index in [9.17, 15) is 4.79 Å². The van der Waals surface area contributed by atoms with Crippen molar-refractivity contribution < 1.29 is 19.0 Å². The summed E-state index contributed by atoms with van der Waals surface area (Å²) in [5, 5.41) is 2.79. The molecule has 0 atom stereocenters. The van der Waals surface area contributed by atoms with Gasteiger partial charge in [-0.1, -0.05) is 13.8 Å². The van der Waals surface area contributed by atoms with E-state index >= 15 is 0 Å². The zero-order valence-electron chi connectivity index (χ0n) is 13.0. The lowest BCUT2D eigenvalue weighted by atomic mass is 10.2. The van der Waals surface area contributed by atoms with E-state index in [0.717, 1.165) is 0 Å². The van der Waals surface area contributed by atoms with Crippen molar-refractivity contribution in [2.24, 2.45) is 5.92 Å². The number of hydrogen-bond donors (Lipinski definition) is 1. The molecule has 0 saturated carbocycles. The molecule has 0 aromatic heterocycles. The van der Waals surface area contributed by atoms with Crippen LogP contribution in [0.3, 0.4) is 0 Å². The zero-order valence-corrected chi connectivity index (χ0v) is 13.0. The number of carbonyl (C=O) groups excluding carboxylic acids is 1. The lowest BCUT2D eigenvalue weighted by molar-refractivity contribution is -0.124. The fourth-order valence-electron chi connectivity index (χ4n) is 1.18. The summed E-state index contributed by atoms with van der Waals surface area (Å²) in [6, 6.07) is 0. The Hall–Kier alpha value is -0.650. The molecule has 0 bridgehead atoms. The van der Waals surface area contributed by atoms with Gasteiger partial charge in [0.2, 0.25) is 5.91 Å². The van der Waals surface area contributed by atoms with Crippen LogP contribution in [0.15, 0.2) is 0 Å². The summed E-state index contributed by atoms with van der Waals surface area (Å²) in [6.07, 6.45) is 0. The largest absolute Gasteiger partial charge is 0.377 e. The maximum absolute atomic E-state index is 11.2. The van der Waals surface area contributed by atoms with Crippen molar-refractivity contribution in [3.05, 3.63) is 0 Å². The molecule has 0 saturated heterocycles. The average Bonchev–Trinajstić information content (AvgIpc) is 2.29. The highest BCUT2D eigenvalue weighted by molar-refractivity contribution is 5.77. The number of amides is 1. The van der Waals surface area contributed by atoms with E-state index in [-0.39, 0.29) is 17.4 Å². The number of ether oxygens (including phenoxy) is 3. The second kappa shape index (κ2) is 10.2. The molecule has 5 heteroatoms. The second-order valence-corrected chi connectivity index (χ2v) is 5.63. The van der Waals surface area contributed by atoms with Crippen LogP contribution in [-0.2, 0) is 19.0 Å². The molecule has 0 radical (unpaired) electrons. The van der Waals surface area contributed by atoms with Gasteiger partial charge in [-0.25, -0.2) is 0 Å². The van der Waals surface area contributed by atoms with Gasteiger partial charge in [-0.05, 0) is 20.8 Å². The summed E-state index contributed by atoms with van der Waals surface area (Å²) in [5.41, 5.74) is -0.117. The van der Waals surface area contributed by atoms with Crippen LogP contribution in [0.2, 0.25) is 0 Å². The van der Waals surface area contributed by atoms with Crippen molar-refractivity contribution in [2.45, 2.75) is 40.2 Å². The topological polar surface area (TPSA) is 56.8 Å². The van der Waals surface area contributed by atoms with Gasteiger partial charge in [0, 0.05) is 12.5 Å². The van der Waals surface area contributed by atoms with Crippen LogP contribution in [0, 0.1) is 5.92 Å². The van der Waals surface area contributed by atoms with Crippen molar-refractivity contribution in [3.8, 4) is 0 Å². The summed E-state index contributed by atoms with van der Waals surface area (Å²) in [4.78, 5) is 11.2. The maximum Gasteiger partial charge on any atom is 0.222 e. The molecule has 19 heavy (non-hydrogen) atoms. The Bertz CT molecular complexity index is 236. The van der Waals surface area contributed by atoms with Crippen LogP contribution < -0.4 is 5.32 Å². The molecule has 5 nitrogen and oxygen atoms in total. The molecule has 0 fully saturated rings. The minimum absolute atomic E-state index is 0.0196. The zero-order chi connectivity index (χ0) is 14.7. The minimum Gasteiger partial charge on any atom is -0.377 e. The van der Waals surface area contributed by atoms with Gasteiger partial charge in [0.15, 0.2) is 0 Å². The van der Waals surface area contributed by atoms with Crippen molar-refractivity contribution in [1.29, 1.82) is 0 Å². The summed E-state index contributed by atoms with van der Waals surface area (Å²) in [6.45, 7) is 13.1. The molecule has 0 spiro atoms. The fourth-order valence-corrected chi connectivity index (χ4v) is 1.18. The van der Waals surface area contributed by atoms with Gasteiger partial charge in [-0.15, -0.1) is 0 Å². The lowest BCUT2D eigenvalue weighted by Crippen LogP contribution is -2.31. The highest BCUT2D eigenvalue weighted by Crippen LogP contribution is 2.05. The van der Waals surface area contributed by atoms with Crippen LogP contribution in [0.5, 0.6) is 0 Å². The molecular weight excluding hydrogens is 246 g/mol. The number of rotatable bonds is 10. The smallest absolute Gasteiger partial charge is 0.222 e. The molecule has 0 unspecified atom stereocenters. The summed E-state index contributed by atoms with van der Waals surface area (Å²) >= 11 is 0. The Labute approximate surface area is 117 Å². The molecule has 0 aromatic rings. The van der Waals surface area contributed by atoms with Gasteiger partial charge in [0.25, 0.3) is 0 Å². The molecule has 0 aliphatic carbocycles. The molecular formula is C14H29NO4. The highest BCUT2D eigenvalue weighted by atomic mass is 16.5. The molecule has 0 aliphatic heterocycles. The van der Waals surface area contributed by atoms with E-state index in [4.69, 9.17) is 14.2 Å². The van der Waals surface area contributed by atoms with Gasteiger partial charge < -0.3 is 19.5 Å². The third-order valence-electron chi connectivity index (χ3n) is 2.20. The van der Waals surface area contributed by atoms with Crippen LogP contribution >= 0.6 is 0 Å². The van der Waals surface area contributed by atoms with Crippen LogP contribution in [0.4, 0.5) is 0 Å².